The molecule has 0 aromatic carbocycles. The van der Waals surface area contributed by atoms with Gasteiger partial charge in [0.2, 0.25) is 0 Å². The van der Waals surface area contributed by atoms with Crippen LogP contribution >= 0.6 is 0 Å². The molecule has 15 heavy (non-hydrogen) atoms. The Kier molecular flexibility index (Phi) is 2.02. The fourth-order valence-corrected chi connectivity index (χ4v) is 4.20. The Morgan fingerprint density at radius 3 is 1.33 bits per heavy atom. The largest absolute Gasteiger partial charge is 0.0817 e. The van der Waals surface area contributed by atoms with Crippen molar-refractivity contribution in [1.29, 1.82) is 0 Å². The Hall–Kier alpha value is -0.260. The van der Waals surface area contributed by atoms with Gasteiger partial charge in [-0.1, -0.05) is 60.1 Å². The quantitative estimate of drug-likeness (QED) is 0.499. The Morgan fingerprint density at radius 1 is 0.667 bits per heavy atom. The molecule has 0 heteroatoms. The van der Waals surface area contributed by atoms with Crippen molar-refractivity contribution in [3.05, 3.63) is 12.2 Å². The molecule has 2 aliphatic carbocycles. The van der Waals surface area contributed by atoms with Crippen LogP contribution in [0.25, 0.3) is 0 Å². The zero-order chi connectivity index (χ0) is 11.5. The molecule has 1 saturated carbocycles. The summed E-state index contributed by atoms with van der Waals surface area (Å²) in [6.45, 7) is 14.7. The molecule has 0 nitrogen and oxygen atoms in total. The SMILES string of the molecule is CC1(C)C=CC(C)(C)C2(C)CCCC12C. The molecule has 0 aromatic heterocycles. The molecule has 0 heterocycles. The summed E-state index contributed by atoms with van der Waals surface area (Å²) in [5.41, 5.74) is 1.65. The molecular formula is C15H26. The van der Waals surface area contributed by atoms with Crippen molar-refractivity contribution in [1.82, 2.24) is 0 Å². The van der Waals surface area contributed by atoms with Crippen molar-refractivity contribution in [3.8, 4) is 0 Å². The van der Waals surface area contributed by atoms with Crippen LogP contribution in [0.3, 0.4) is 0 Å². The molecule has 2 rings (SSSR count). The molecule has 0 saturated heterocycles. The predicted molar refractivity (Wildman–Crippen MR) is 66.8 cm³/mol. The van der Waals surface area contributed by atoms with E-state index in [0.29, 0.717) is 21.7 Å². The summed E-state index contributed by atoms with van der Waals surface area (Å²) in [6.07, 6.45) is 9.14. The third-order valence-electron chi connectivity index (χ3n) is 6.33. The van der Waals surface area contributed by atoms with E-state index >= 15 is 0 Å². The maximum Gasteiger partial charge on any atom is -0.0115 e. The third-order valence-corrected chi connectivity index (χ3v) is 6.33. The summed E-state index contributed by atoms with van der Waals surface area (Å²) < 4.78 is 0. The van der Waals surface area contributed by atoms with Gasteiger partial charge in [0.05, 0.1) is 0 Å². The molecule has 2 atom stereocenters. The van der Waals surface area contributed by atoms with E-state index < -0.39 is 0 Å². The van der Waals surface area contributed by atoms with E-state index in [4.69, 9.17) is 0 Å². The zero-order valence-electron chi connectivity index (χ0n) is 11.3. The average Bonchev–Trinajstić information content (AvgIpc) is 2.42. The first-order valence-corrected chi connectivity index (χ1v) is 6.37. The maximum atomic E-state index is 2.52. The molecule has 0 aromatic rings. The standard InChI is InChI=1S/C15H26/c1-12(2)10-11-13(3,4)15(6)9-7-8-14(12,15)5/h10-11H,7-9H2,1-6H3. The lowest BCUT2D eigenvalue weighted by atomic mass is 9.44. The number of allylic oxidation sites excluding steroid dienone is 2. The molecule has 0 aliphatic heterocycles. The lowest BCUT2D eigenvalue weighted by molar-refractivity contribution is -0.0684. The summed E-state index contributed by atoms with van der Waals surface area (Å²) in [6, 6.07) is 0. The minimum absolute atomic E-state index is 0.355. The first kappa shape index (κ1) is 11.2. The van der Waals surface area contributed by atoms with E-state index in [1.807, 2.05) is 0 Å². The molecule has 0 bridgehead atoms. The summed E-state index contributed by atoms with van der Waals surface area (Å²) in [7, 11) is 0. The van der Waals surface area contributed by atoms with Crippen LogP contribution in [0.4, 0.5) is 0 Å². The fraction of sp³-hybridized carbons (Fsp3) is 0.867. The van der Waals surface area contributed by atoms with Crippen LogP contribution in [0.1, 0.15) is 60.8 Å². The van der Waals surface area contributed by atoms with Crippen LogP contribution in [-0.2, 0) is 0 Å². The number of hydrogen-bond acceptors (Lipinski definition) is 0. The van der Waals surface area contributed by atoms with Gasteiger partial charge in [-0.05, 0) is 34.5 Å². The normalized spacial score (nSPS) is 46.5. The van der Waals surface area contributed by atoms with Gasteiger partial charge in [0.1, 0.15) is 0 Å². The van der Waals surface area contributed by atoms with Gasteiger partial charge in [-0.3, -0.25) is 0 Å². The van der Waals surface area contributed by atoms with Crippen molar-refractivity contribution in [2.24, 2.45) is 21.7 Å². The summed E-state index contributed by atoms with van der Waals surface area (Å²) >= 11 is 0. The monoisotopic (exact) mass is 206 g/mol. The molecule has 86 valence electrons. The van der Waals surface area contributed by atoms with Crippen LogP contribution in [0, 0.1) is 21.7 Å². The Labute approximate surface area is 95.1 Å². The van der Waals surface area contributed by atoms with Crippen molar-refractivity contribution in [3.63, 3.8) is 0 Å². The highest BCUT2D eigenvalue weighted by atomic mass is 14.7. The van der Waals surface area contributed by atoms with Crippen molar-refractivity contribution in [2.75, 3.05) is 0 Å². The second-order valence-electron chi connectivity index (χ2n) is 7.29. The second-order valence-corrected chi connectivity index (χ2v) is 7.29. The molecular weight excluding hydrogens is 180 g/mol. The van der Waals surface area contributed by atoms with Gasteiger partial charge in [-0.2, -0.15) is 0 Å². The molecule has 0 N–H and O–H groups in total. The lowest BCUT2D eigenvalue weighted by Gasteiger charge is -2.60. The molecule has 1 fully saturated rings. The zero-order valence-corrected chi connectivity index (χ0v) is 11.3. The van der Waals surface area contributed by atoms with Crippen LogP contribution in [-0.4, -0.2) is 0 Å². The molecule has 0 amide bonds. The van der Waals surface area contributed by atoms with Gasteiger partial charge in [0.25, 0.3) is 0 Å². The smallest absolute Gasteiger partial charge is 0.0115 e. The third kappa shape index (κ3) is 1.09. The number of rotatable bonds is 0. The Morgan fingerprint density at radius 2 is 1.00 bits per heavy atom. The predicted octanol–water partition coefficient (Wildman–Crippen LogP) is 4.81. The molecule has 0 spiro atoms. The van der Waals surface area contributed by atoms with E-state index in [1.165, 1.54) is 19.3 Å². The minimum atomic E-state index is 0.355. The van der Waals surface area contributed by atoms with Crippen LogP contribution in [0.15, 0.2) is 12.2 Å². The lowest BCUT2D eigenvalue weighted by Crippen LogP contribution is -2.53. The van der Waals surface area contributed by atoms with E-state index in [1.54, 1.807) is 0 Å². The van der Waals surface area contributed by atoms with Gasteiger partial charge < -0.3 is 0 Å². The molecule has 2 aliphatic rings. The van der Waals surface area contributed by atoms with Crippen molar-refractivity contribution < 1.29 is 0 Å². The molecule has 0 radical (unpaired) electrons. The Balaban J connectivity index is 2.61. The van der Waals surface area contributed by atoms with Crippen LogP contribution in [0.5, 0.6) is 0 Å². The average molecular weight is 206 g/mol. The minimum Gasteiger partial charge on any atom is -0.0817 e. The Bertz CT molecular complexity index is 278. The molecule has 2 unspecified atom stereocenters. The highest BCUT2D eigenvalue weighted by Gasteiger charge is 2.62. The van der Waals surface area contributed by atoms with E-state index in [-0.39, 0.29) is 0 Å². The van der Waals surface area contributed by atoms with Gasteiger partial charge in [-0.25, -0.2) is 0 Å². The summed E-state index contributed by atoms with van der Waals surface area (Å²) in [4.78, 5) is 0. The fourth-order valence-electron chi connectivity index (χ4n) is 4.20. The van der Waals surface area contributed by atoms with Crippen LogP contribution < -0.4 is 0 Å². The van der Waals surface area contributed by atoms with Gasteiger partial charge in [-0.15, -0.1) is 0 Å². The van der Waals surface area contributed by atoms with Crippen LogP contribution in [0.2, 0.25) is 0 Å². The summed E-state index contributed by atoms with van der Waals surface area (Å²) in [5, 5.41) is 0. The van der Waals surface area contributed by atoms with Gasteiger partial charge in [0.15, 0.2) is 0 Å². The maximum absolute atomic E-state index is 2.52. The van der Waals surface area contributed by atoms with E-state index in [2.05, 4.69) is 53.7 Å². The van der Waals surface area contributed by atoms with Gasteiger partial charge in [0, 0.05) is 0 Å². The van der Waals surface area contributed by atoms with Gasteiger partial charge >= 0.3 is 0 Å². The second kappa shape index (κ2) is 2.70. The highest BCUT2D eigenvalue weighted by molar-refractivity contribution is 5.24. The van der Waals surface area contributed by atoms with Crippen molar-refractivity contribution >= 4 is 0 Å². The number of hydrogen-bond donors (Lipinski definition) is 0. The topological polar surface area (TPSA) is 0 Å². The summed E-state index contributed by atoms with van der Waals surface area (Å²) in [5.74, 6) is 0. The first-order valence-electron chi connectivity index (χ1n) is 6.37. The van der Waals surface area contributed by atoms with E-state index in [0.717, 1.165) is 0 Å². The van der Waals surface area contributed by atoms with E-state index in [9.17, 15) is 0 Å². The first-order chi connectivity index (χ1) is 6.66. The highest BCUT2D eigenvalue weighted by Crippen LogP contribution is 2.70. The number of fused-ring (bicyclic) bond motifs is 1. The van der Waals surface area contributed by atoms with Crippen molar-refractivity contribution in [2.45, 2.75) is 60.8 Å².